The quantitative estimate of drug-likeness (QED) is 0.879. The second kappa shape index (κ2) is 4.93. The van der Waals surface area contributed by atoms with Gasteiger partial charge in [0.05, 0.1) is 24.2 Å². The molecule has 0 saturated heterocycles. The number of nitrogens with zero attached hydrogens (tertiary/aromatic N) is 2. The molecule has 88 valence electrons. The van der Waals surface area contributed by atoms with Gasteiger partial charge in [-0.15, -0.1) is 0 Å². The van der Waals surface area contributed by atoms with Gasteiger partial charge in [-0.2, -0.15) is 0 Å². The molecule has 0 amide bonds. The Balaban J connectivity index is 2.28. The van der Waals surface area contributed by atoms with E-state index in [1.165, 1.54) is 0 Å². The molecule has 2 aromatic rings. The highest BCUT2D eigenvalue weighted by Crippen LogP contribution is 2.23. The number of aryl methyl sites for hydroxylation is 2. The van der Waals surface area contributed by atoms with Gasteiger partial charge in [-0.25, -0.2) is 4.98 Å². The van der Waals surface area contributed by atoms with Gasteiger partial charge < -0.3 is 9.84 Å². The largest absolute Gasteiger partial charge is 0.437 e. The van der Waals surface area contributed by atoms with E-state index in [9.17, 15) is 5.11 Å². The van der Waals surface area contributed by atoms with Gasteiger partial charge in [0.1, 0.15) is 5.75 Å². The van der Waals surface area contributed by atoms with E-state index >= 15 is 0 Å². The highest BCUT2D eigenvalue weighted by Gasteiger charge is 2.05. The Morgan fingerprint density at radius 2 is 1.94 bits per heavy atom. The van der Waals surface area contributed by atoms with E-state index in [2.05, 4.69) is 9.97 Å². The van der Waals surface area contributed by atoms with Crippen LogP contribution in [0.5, 0.6) is 11.6 Å². The first-order valence-corrected chi connectivity index (χ1v) is 5.37. The molecular weight excluding hydrogens is 216 g/mol. The number of benzene rings is 1. The summed E-state index contributed by atoms with van der Waals surface area (Å²) in [5.74, 6) is 1.04. The van der Waals surface area contributed by atoms with Crippen molar-refractivity contribution in [2.75, 3.05) is 0 Å². The van der Waals surface area contributed by atoms with E-state index < -0.39 is 0 Å². The molecule has 0 spiro atoms. The first-order chi connectivity index (χ1) is 8.20. The summed E-state index contributed by atoms with van der Waals surface area (Å²) in [7, 11) is 0. The van der Waals surface area contributed by atoms with Gasteiger partial charge in [-0.1, -0.05) is 18.2 Å². The summed E-state index contributed by atoms with van der Waals surface area (Å²) in [5, 5.41) is 9.18. The number of ether oxygens (including phenoxy) is 1. The van der Waals surface area contributed by atoms with Crippen LogP contribution in [-0.2, 0) is 6.61 Å². The third-order valence-electron chi connectivity index (χ3n) is 2.53. The maximum Gasteiger partial charge on any atom is 0.238 e. The molecule has 0 aliphatic rings. The minimum Gasteiger partial charge on any atom is -0.437 e. The summed E-state index contributed by atoms with van der Waals surface area (Å²) in [5.41, 5.74) is 2.45. The van der Waals surface area contributed by atoms with Gasteiger partial charge in [-0.3, -0.25) is 4.98 Å². The van der Waals surface area contributed by atoms with Crippen molar-refractivity contribution >= 4 is 0 Å². The fourth-order valence-corrected chi connectivity index (χ4v) is 1.42. The molecule has 17 heavy (non-hydrogen) atoms. The molecule has 0 unspecified atom stereocenters. The molecule has 0 radical (unpaired) electrons. The van der Waals surface area contributed by atoms with E-state index in [0.29, 0.717) is 11.6 Å². The van der Waals surface area contributed by atoms with E-state index in [4.69, 9.17) is 4.74 Å². The van der Waals surface area contributed by atoms with E-state index in [1.807, 2.05) is 32.0 Å². The molecule has 4 nitrogen and oxygen atoms in total. The Hall–Kier alpha value is -1.94. The molecule has 0 bridgehead atoms. The third-order valence-corrected chi connectivity index (χ3v) is 2.53. The van der Waals surface area contributed by atoms with Gasteiger partial charge in [0.2, 0.25) is 5.88 Å². The van der Waals surface area contributed by atoms with E-state index in [0.717, 1.165) is 17.0 Å². The van der Waals surface area contributed by atoms with Crippen LogP contribution in [0.4, 0.5) is 0 Å². The summed E-state index contributed by atoms with van der Waals surface area (Å²) in [4.78, 5) is 8.46. The van der Waals surface area contributed by atoms with Crippen LogP contribution in [0.3, 0.4) is 0 Å². The lowest BCUT2D eigenvalue weighted by Gasteiger charge is -2.09. The second-order valence-electron chi connectivity index (χ2n) is 3.75. The molecule has 2 rings (SSSR count). The number of para-hydroxylation sites is 1. The van der Waals surface area contributed by atoms with Crippen LogP contribution < -0.4 is 4.74 Å². The molecule has 0 saturated carbocycles. The second-order valence-corrected chi connectivity index (χ2v) is 3.75. The van der Waals surface area contributed by atoms with Crippen LogP contribution in [0.1, 0.15) is 17.0 Å². The van der Waals surface area contributed by atoms with Crippen LogP contribution in [-0.4, -0.2) is 15.1 Å². The Morgan fingerprint density at radius 1 is 1.18 bits per heavy atom. The molecular formula is C13H14N2O2. The summed E-state index contributed by atoms with van der Waals surface area (Å²) < 4.78 is 5.60. The van der Waals surface area contributed by atoms with E-state index in [1.54, 1.807) is 12.3 Å². The average Bonchev–Trinajstić information content (AvgIpc) is 2.34. The number of aliphatic hydroxyl groups is 1. The SMILES string of the molecule is Cc1ncc(Oc2ccccc2CO)nc1C. The van der Waals surface area contributed by atoms with Gasteiger partial charge in [0.25, 0.3) is 0 Å². The van der Waals surface area contributed by atoms with Crippen LogP contribution >= 0.6 is 0 Å². The Bertz CT molecular complexity index is 527. The summed E-state index contributed by atoms with van der Waals surface area (Å²) >= 11 is 0. The smallest absolute Gasteiger partial charge is 0.238 e. The summed E-state index contributed by atoms with van der Waals surface area (Å²) in [6.07, 6.45) is 1.58. The third kappa shape index (κ3) is 2.60. The van der Waals surface area contributed by atoms with Crippen LogP contribution in [0, 0.1) is 13.8 Å². The number of aliphatic hydroxyl groups excluding tert-OH is 1. The zero-order valence-electron chi connectivity index (χ0n) is 9.84. The first-order valence-electron chi connectivity index (χ1n) is 5.37. The van der Waals surface area contributed by atoms with Crippen molar-refractivity contribution in [1.29, 1.82) is 0 Å². The summed E-state index contributed by atoms with van der Waals surface area (Å²) in [6, 6.07) is 7.31. The fourth-order valence-electron chi connectivity index (χ4n) is 1.42. The Kier molecular flexibility index (Phi) is 3.35. The molecule has 0 aliphatic carbocycles. The molecule has 0 aliphatic heterocycles. The van der Waals surface area contributed by atoms with Crippen molar-refractivity contribution in [3.63, 3.8) is 0 Å². The minimum atomic E-state index is -0.0611. The number of hydrogen-bond donors (Lipinski definition) is 1. The van der Waals surface area contributed by atoms with Crippen LogP contribution in [0.2, 0.25) is 0 Å². The van der Waals surface area contributed by atoms with Gasteiger partial charge in [-0.05, 0) is 19.9 Å². The minimum absolute atomic E-state index is 0.0611. The topological polar surface area (TPSA) is 55.2 Å². The molecule has 1 heterocycles. The Morgan fingerprint density at radius 3 is 2.65 bits per heavy atom. The molecule has 1 N–H and O–H groups in total. The monoisotopic (exact) mass is 230 g/mol. The maximum absolute atomic E-state index is 9.18. The van der Waals surface area contributed by atoms with E-state index in [-0.39, 0.29) is 6.61 Å². The van der Waals surface area contributed by atoms with Gasteiger partial charge >= 0.3 is 0 Å². The predicted molar refractivity (Wildman–Crippen MR) is 63.9 cm³/mol. The number of rotatable bonds is 3. The predicted octanol–water partition coefficient (Wildman–Crippen LogP) is 2.38. The van der Waals surface area contributed by atoms with Gasteiger partial charge in [0.15, 0.2) is 0 Å². The van der Waals surface area contributed by atoms with Crippen LogP contribution in [0.25, 0.3) is 0 Å². The number of aromatic nitrogens is 2. The van der Waals surface area contributed by atoms with Crippen molar-refractivity contribution in [2.45, 2.75) is 20.5 Å². The average molecular weight is 230 g/mol. The standard InChI is InChI=1S/C13H14N2O2/c1-9-10(2)15-13(7-14-9)17-12-6-4-3-5-11(12)8-16/h3-7,16H,8H2,1-2H3. The van der Waals surface area contributed by atoms with Crippen molar-refractivity contribution in [3.8, 4) is 11.6 Å². The zero-order chi connectivity index (χ0) is 12.3. The first kappa shape index (κ1) is 11.5. The van der Waals surface area contributed by atoms with Gasteiger partial charge in [0, 0.05) is 5.56 Å². The highest BCUT2D eigenvalue weighted by molar-refractivity contribution is 5.35. The zero-order valence-corrected chi connectivity index (χ0v) is 9.84. The Labute approximate surface area is 99.9 Å². The molecule has 1 aromatic heterocycles. The molecule has 4 heteroatoms. The summed E-state index contributed by atoms with van der Waals surface area (Å²) in [6.45, 7) is 3.72. The fraction of sp³-hybridized carbons (Fsp3) is 0.231. The maximum atomic E-state index is 9.18. The number of hydrogen-bond acceptors (Lipinski definition) is 4. The van der Waals surface area contributed by atoms with Crippen molar-refractivity contribution in [3.05, 3.63) is 47.4 Å². The molecule has 1 aromatic carbocycles. The molecule has 0 fully saturated rings. The normalized spacial score (nSPS) is 10.3. The van der Waals surface area contributed by atoms with Crippen LogP contribution in [0.15, 0.2) is 30.5 Å². The lowest BCUT2D eigenvalue weighted by Crippen LogP contribution is -1.97. The lowest BCUT2D eigenvalue weighted by atomic mass is 10.2. The van der Waals surface area contributed by atoms with Crippen molar-refractivity contribution in [2.24, 2.45) is 0 Å². The lowest BCUT2D eigenvalue weighted by molar-refractivity contribution is 0.276. The van der Waals surface area contributed by atoms with Crippen molar-refractivity contribution in [1.82, 2.24) is 9.97 Å². The molecule has 0 atom stereocenters. The highest BCUT2D eigenvalue weighted by atomic mass is 16.5. The van der Waals surface area contributed by atoms with Crippen molar-refractivity contribution < 1.29 is 9.84 Å².